The first-order valence-corrected chi connectivity index (χ1v) is 7.39. The number of amides is 1. The standard InChI is InChI=1S/C15H19N3O4/c1-9-7-12(10(2)21-9)15(19)16-8-13-17-14(18-22-13)11-3-5-20-6-4-11/h7,11H,3-6,8H2,1-2H3,(H,16,19). The van der Waals surface area contributed by atoms with Gasteiger partial charge in [0.15, 0.2) is 5.82 Å². The van der Waals surface area contributed by atoms with Crippen LogP contribution in [0.4, 0.5) is 0 Å². The van der Waals surface area contributed by atoms with Gasteiger partial charge in [0.1, 0.15) is 11.5 Å². The molecule has 1 N–H and O–H groups in total. The van der Waals surface area contributed by atoms with Crippen molar-refractivity contribution in [3.8, 4) is 0 Å². The fourth-order valence-electron chi connectivity index (χ4n) is 2.57. The van der Waals surface area contributed by atoms with Gasteiger partial charge < -0.3 is 19.0 Å². The Bertz CT molecular complexity index is 656. The molecule has 1 aliphatic heterocycles. The highest BCUT2D eigenvalue weighted by molar-refractivity contribution is 5.95. The Hall–Kier alpha value is -2.15. The first-order chi connectivity index (χ1) is 10.6. The van der Waals surface area contributed by atoms with Crippen LogP contribution >= 0.6 is 0 Å². The van der Waals surface area contributed by atoms with E-state index in [9.17, 15) is 4.79 Å². The molecule has 1 aliphatic rings. The molecule has 1 fully saturated rings. The minimum Gasteiger partial charge on any atom is -0.466 e. The SMILES string of the molecule is Cc1cc(C(=O)NCc2nc(C3CCOCC3)no2)c(C)o1. The van der Waals surface area contributed by atoms with Crippen molar-refractivity contribution in [3.63, 3.8) is 0 Å². The summed E-state index contributed by atoms with van der Waals surface area (Å²) in [4.78, 5) is 16.4. The molecule has 1 saturated heterocycles. The number of ether oxygens (including phenoxy) is 1. The van der Waals surface area contributed by atoms with Gasteiger partial charge in [-0.2, -0.15) is 4.98 Å². The van der Waals surface area contributed by atoms with Crippen molar-refractivity contribution in [3.05, 3.63) is 34.9 Å². The predicted octanol–water partition coefficient (Wildman–Crippen LogP) is 2.10. The Labute approximate surface area is 128 Å². The predicted molar refractivity (Wildman–Crippen MR) is 76.4 cm³/mol. The van der Waals surface area contributed by atoms with Crippen LogP contribution in [-0.2, 0) is 11.3 Å². The van der Waals surface area contributed by atoms with Crippen LogP contribution in [0.5, 0.6) is 0 Å². The van der Waals surface area contributed by atoms with Crippen LogP contribution in [0, 0.1) is 13.8 Å². The fraction of sp³-hybridized carbons (Fsp3) is 0.533. The van der Waals surface area contributed by atoms with E-state index in [1.807, 2.05) is 6.92 Å². The second-order valence-corrected chi connectivity index (χ2v) is 5.44. The Balaban J connectivity index is 1.58. The number of aryl methyl sites for hydroxylation is 2. The summed E-state index contributed by atoms with van der Waals surface area (Å²) >= 11 is 0. The highest BCUT2D eigenvalue weighted by Gasteiger charge is 2.21. The minimum absolute atomic E-state index is 0.207. The van der Waals surface area contributed by atoms with Crippen LogP contribution < -0.4 is 5.32 Å². The maximum absolute atomic E-state index is 12.1. The molecule has 2 aromatic rings. The number of nitrogens with zero attached hydrogens (tertiary/aromatic N) is 2. The smallest absolute Gasteiger partial charge is 0.255 e. The second-order valence-electron chi connectivity index (χ2n) is 5.44. The largest absolute Gasteiger partial charge is 0.466 e. The lowest BCUT2D eigenvalue weighted by Crippen LogP contribution is -2.23. The van der Waals surface area contributed by atoms with Crippen LogP contribution in [0.2, 0.25) is 0 Å². The van der Waals surface area contributed by atoms with E-state index in [1.54, 1.807) is 13.0 Å². The van der Waals surface area contributed by atoms with Crippen molar-refractivity contribution in [2.24, 2.45) is 0 Å². The number of nitrogens with one attached hydrogen (secondary N) is 1. The quantitative estimate of drug-likeness (QED) is 0.930. The Morgan fingerprint density at radius 3 is 2.82 bits per heavy atom. The molecule has 3 rings (SSSR count). The van der Waals surface area contributed by atoms with Gasteiger partial charge in [-0.1, -0.05) is 5.16 Å². The lowest BCUT2D eigenvalue weighted by molar-refractivity contribution is 0.0830. The van der Waals surface area contributed by atoms with E-state index in [0.29, 0.717) is 28.8 Å². The molecule has 7 nitrogen and oxygen atoms in total. The molecule has 2 aromatic heterocycles. The molecule has 7 heteroatoms. The van der Waals surface area contributed by atoms with Gasteiger partial charge in [0.05, 0.1) is 12.1 Å². The van der Waals surface area contributed by atoms with E-state index >= 15 is 0 Å². The number of aromatic nitrogens is 2. The molecule has 0 aliphatic carbocycles. The van der Waals surface area contributed by atoms with Gasteiger partial charge in [-0.25, -0.2) is 0 Å². The molecule has 1 amide bonds. The summed E-state index contributed by atoms with van der Waals surface area (Å²) < 4.78 is 15.9. The molecular formula is C15H19N3O4. The van der Waals surface area contributed by atoms with Crippen molar-refractivity contribution < 1.29 is 18.5 Å². The van der Waals surface area contributed by atoms with E-state index in [4.69, 9.17) is 13.7 Å². The van der Waals surface area contributed by atoms with Crippen molar-refractivity contribution in [2.45, 2.75) is 39.2 Å². The van der Waals surface area contributed by atoms with Crippen molar-refractivity contribution in [1.29, 1.82) is 0 Å². The molecule has 3 heterocycles. The van der Waals surface area contributed by atoms with Gasteiger partial charge in [0.2, 0.25) is 5.89 Å². The van der Waals surface area contributed by atoms with E-state index in [-0.39, 0.29) is 18.4 Å². The first kappa shape index (κ1) is 14.8. The van der Waals surface area contributed by atoms with Gasteiger partial charge in [-0.05, 0) is 32.8 Å². The lowest BCUT2D eigenvalue weighted by Gasteiger charge is -2.18. The molecule has 118 valence electrons. The number of carbonyl (C=O) groups is 1. The fourth-order valence-corrected chi connectivity index (χ4v) is 2.57. The third-order valence-corrected chi connectivity index (χ3v) is 3.76. The molecule has 0 bridgehead atoms. The van der Waals surface area contributed by atoms with Crippen molar-refractivity contribution in [1.82, 2.24) is 15.5 Å². The summed E-state index contributed by atoms with van der Waals surface area (Å²) in [5, 5.41) is 6.77. The highest BCUT2D eigenvalue weighted by Crippen LogP contribution is 2.24. The van der Waals surface area contributed by atoms with Crippen LogP contribution in [0.1, 0.15) is 52.4 Å². The topological polar surface area (TPSA) is 90.4 Å². The number of furan rings is 1. The summed E-state index contributed by atoms with van der Waals surface area (Å²) in [5.41, 5.74) is 0.529. The molecule has 0 radical (unpaired) electrons. The number of carbonyl (C=O) groups excluding carboxylic acids is 1. The molecule has 0 atom stereocenters. The average Bonchev–Trinajstić information content (AvgIpc) is 3.12. The van der Waals surface area contributed by atoms with Gasteiger partial charge >= 0.3 is 0 Å². The number of hydrogen-bond donors (Lipinski definition) is 1. The Morgan fingerprint density at radius 2 is 2.14 bits per heavy atom. The summed E-state index contributed by atoms with van der Waals surface area (Å²) in [6, 6.07) is 1.71. The molecule has 22 heavy (non-hydrogen) atoms. The lowest BCUT2D eigenvalue weighted by atomic mass is 10.00. The van der Waals surface area contributed by atoms with Gasteiger partial charge in [-0.15, -0.1) is 0 Å². The first-order valence-electron chi connectivity index (χ1n) is 7.39. The minimum atomic E-state index is -0.208. The van der Waals surface area contributed by atoms with Gasteiger partial charge in [0.25, 0.3) is 5.91 Å². The molecule has 0 spiro atoms. The Kier molecular flexibility index (Phi) is 4.24. The average molecular weight is 305 g/mol. The third-order valence-electron chi connectivity index (χ3n) is 3.76. The third kappa shape index (κ3) is 3.19. The maximum Gasteiger partial charge on any atom is 0.255 e. The molecular weight excluding hydrogens is 286 g/mol. The Morgan fingerprint density at radius 1 is 1.36 bits per heavy atom. The van der Waals surface area contributed by atoms with Gasteiger partial charge in [-0.3, -0.25) is 4.79 Å². The normalized spacial score (nSPS) is 15.9. The number of hydrogen-bond acceptors (Lipinski definition) is 6. The van der Waals surface area contributed by atoms with Crippen LogP contribution in [0.3, 0.4) is 0 Å². The maximum atomic E-state index is 12.1. The van der Waals surface area contributed by atoms with E-state index in [2.05, 4.69) is 15.5 Å². The number of rotatable bonds is 4. The highest BCUT2D eigenvalue weighted by atomic mass is 16.5. The second kappa shape index (κ2) is 6.31. The zero-order valence-electron chi connectivity index (χ0n) is 12.7. The summed E-state index contributed by atoms with van der Waals surface area (Å²) in [6.45, 7) is 5.23. The van der Waals surface area contributed by atoms with Crippen molar-refractivity contribution in [2.75, 3.05) is 13.2 Å². The molecule has 0 saturated carbocycles. The zero-order valence-corrected chi connectivity index (χ0v) is 12.7. The van der Waals surface area contributed by atoms with Crippen LogP contribution in [0.25, 0.3) is 0 Å². The molecule has 0 aromatic carbocycles. The summed E-state index contributed by atoms with van der Waals surface area (Å²) in [6.07, 6.45) is 1.80. The van der Waals surface area contributed by atoms with E-state index < -0.39 is 0 Å². The molecule has 0 unspecified atom stereocenters. The van der Waals surface area contributed by atoms with E-state index in [1.165, 1.54) is 0 Å². The summed E-state index contributed by atoms with van der Waals surface area (Å²) in [5.74, 6) is 2.49. The van der Waals surface area contributed by atoms with Crippen LogP contribution in [-0.4, -0.2) is 29.3 Å². The van der Waals surface area contributed by atoms with Crippen LogP contribution in [0.15, 0.2) is 15.0 Å². The summed E-state index contributed by atoms with van der Waals surface area (Å²) in [7, 11) is 0. The zero-order chi connectivity index (χ0) is 15.5. The van der Waals surface area contributed by atoms with Crippen molar-refractivity contribution >= 4 is 5.91 Å². The monoisotopic (exact) mass is 305 g/mol. The van der Waals surface area contributed by atoms with E-state index in [0.717, 1.165) is 26.1 Å². The van der Waals surface area contributed by atoms with Gasteiger partial charge in [0, 0.05) is 19.1 Å².